The molecule has 0 radical (unpaired) electrons. The summed E-state index contributed by atoms with van der Waals surface area (Å²) in [7, 11) is 0. The van der Waals surface area contributed by atoms with Gasteiger partial charge < -0.3 is 19.7 Å². The lowest BCUT2D eigenvalue weighted by Crippen LogP contribution is -2.62. The van der Waals surface area contributed by atoms with Crippen LogP contribution in [-0.4, -0.2) is 35.0 Å². The molecule has 0 heterocycles. The van der Waals surface area contributed by atoms with Crippen LogP contribution in [0.2, 0.25) is 0 Å². The Hall–Kier alpha value is -0.160. The van der Waals surface area contributed by atoms with Crippen molar-refractivity contribution >= 4 is 0 Å². The van der Waals surface area contributed by atoms with Crippen molar-refractivity contribution in [3.8, 4) is 0 Å². The summed E-state index contributed by atoms with van der Waals surface area (Å²) in [6, 6.07) is 0. The third kappa shape index (κ3) is 3.00. The Labute approximate surface area is 128 Å². The van der Waals surface area contributed by atoms with Crippen molar-refractivity contribution in [2.24, 2.45) is 5.41 Å². The maximum Gasteiger partial charge on any atom is 0.144 e. The fourth-order valence-electron chi connectivity index (χ4n) is 4.81. The SMILES string of the molecule is CC(C)(C1(OCO)CCCCC1)C1(OCO)CCCCC1. The van der Waals surface area contributed by atoms with Crippen molar-refractivity contribution in [2.75, 3.05) is 13.6 Å². The van der Waals surface area contributed by atoms with E-state index < -0.39 is 0 Å². The molecule has 0 bridgehead atoms. The van der Waals surface area contributed by atoms with E-state index >= 15 is 0 Å². The van der Waals surface area contributed by atoms with E-state index in [1.165, 1.54) is 12.8 Å². The number of rotatable bonds is 6. The zero-order valence-electron chi connectivity index (χ0n) is 13.7. The summed E-state index contributed by atoms with van der Waals surface area (Å²) in [5, 5.41) is 18.9. The number of ether oxygens (including phenoxy) is 2. The lowest BCUT2D eigenvalue weighted by Gasteiger charge is -2.58. The van der Waals surface area contributed by atoms with E-state index in [2.05, 4.69) is 13.8 Å². The Morgan fingerprint density at radius 1 is 0.714 bits per heavy atom. The quantitative estimate of drug-likeness (QED) is 0.739. The van der Waals surface area contributed by atoms with Crippen molar-refractivity contribution in [2.45, 2.75) is 89.3 Å². The molecule has 2 aliphatic carbocycles. The van der Waals surface area contributed by atoms with Crippen LogP contribution in [0.4, 0.5) is 0 Å². The largest absolute Gasteiger partial charge is 0.371 e. The first-order valence-corrected chi connectivity index (χ1v) is 8.53. The first-order chi connectivity index (χ1) is 10.0. The predicted octanol–water partition coefficient (Wildman–Crippen LogP) is 3.35. The zero-order valence-corrected chi connectivity index (χ0v) is 13.7. The second-order valence-corrected chi connectivity index (χ2v) is 7.28. The van der Waals surface area contributed by atoms with Crippen LogP contribution in [0.25, 0.3) is 0 Å². The minimum atomic E-state index is -0.341. The zero-order chi connectivity index (χ0) is 15.4. The van der Waals surface area contributed by atoms with E-state index in [-0.39, 0.29) is 30.2 Å². The molecule has 0 spiro atoms. The third-order valence-electron chi connectivity index (χ3n) is 6.28. The van der Waals surface area contributed by atoms with Crippen LogP contribution in [0.3, 0.4) is 0 Å². The highest BCUT2D eigenvalue weighted by Gasteiger charge is 2.59. The third-order valence-corrected chi connectivity index (χ3v) is 6.28. The molecule has 4 heteroatoms. The summed E-state index contributed by atoms with van der Waals surface area (Å²) in [6.45, 7) is 3.96. The van der Waals surface area contributed by atoms with Crippen molar-refractivity contribution in [1.29, 1.82) is 0 Å². The number of aliphatic hydroxyl groups excluding tert-OH is 2. The van der Waals surface area contributed by atoms with E-state index in [4.69, 9.17) is 9.47 Å². The van der Waals surface area contributed by atoms with E-state index in [1.54, 1.807) is 0 Å². The normalized spacial score (nSPS) is 25.7. The minimum Gasteiger partial charge on any atom is -0.371 e. The molecule has 0 saturated heterocycles. The maximum absolute atomic E-state index is 9.45. The van der Waals surface area contributed by atoms with Gasteiger partial charge in [0, 0.05) is 5.41 Å². The Morgan fingerprint density at radius 3 is 1.33 bits per heavy atom. The van der Waals surface area contributed by atoms with Gasteiger partial charge >= 0.3 is 0 Å². The highest BCUT2D eigenvalue weighted by Crippen LogP contribution is 2.56. The standard InChI is InChI=1S/C17H32O4/c1-15(2,16(20-13-18)9-5-3-6-10-16)17(21-14-19)11-7-4-8-12-17/h18-19H,3-14H2,1-2H3. The van der Waals surface area contributed by atoms with Gasteiger partial charge in [0.05, 0.1) is 11.2 Å². The van der Waals surface area contributed by atoms with Crippen molar-refractivity contribution in [3.05, 3.63) is 0 Å². The molecule has 0 aromatic carbocycles. The van der Waals surface area contributed by atoms with Gasteiger partial charge in [-0.1, -0.05) is 52.4 Å². The van der Waals surface area contributed by atoms with Crippen LogP contribution < -0.4 is 0 Å². The van der Waals surface area contributed by atoms with Crippen LogP contribution in [0.5, 0.6) is 0 Å². The molecule has 0 aromatic rings. The average Bonchev–Trinajstić information content (AvgIpc) is 2.49. The van der Waals surface area contributed by atoms with E-state index in [0.717, 1.165) is 51.4 Å². The summed E-state index contributed by atoms with van der Waals surface area (Å²) in [5.74, 6) is 0. The molecule has 124 valence electrons. The van der Waals surface area contributed by atoms with Crippen LogP contribution >= 0.6 is 0 Å². The fraction of sp³-hybridized carbons (Fsp3) is 1.00. The van der Waals surface area contributed by atoms with Gasteiger partial charge in [0.25, 0.3) is 0 Å². The van der Waals surface area contributed by atoms with Gasteiger partial charge in [-0.25, -0.2) is 0 Å². The first-order valence-electron chi connectivity index (χ1n) is 8.53. The first kappa shape index (κ1) is 17.2. The highest BCUT2D eigenvalue weighted by atomic mass is 16.6. The summed E-state index contributed by atoms with van der Waals surface area (Å²) < 4.78 is 11.9. The molecule has 2 aliphatic rings. The van der Waals surface area contributed by atoms with Gasteiger partial charge in [0.2, 0.25) is 0 Å². The molecule has 2 rings (SSSR count). The van der Waals surface area contributed by atoms with Gasteiger partial charge in [0.15, 0.2) is 0 Å². The molecule has 0 amide bonds. The van der Waals surface area contributed by atoms with Crippen LogP contribution in [0.1, 0.15) is 78.1 Å². The molecule has 2 N–H and O–H groups in total. The van der Waals surface area contributed by atoms with Crippen molar-refractivity contribution in [1.82, 2.24) is 0 Å². The molecule has 0 aliphatic heterocycles. The lowest BCUT2D eigenvalue weighted by molar-refractivity contribution is -0.273. The van der Waals surface area contributed by atoms with Gasteiger partial charge in [-0.2, -0.15) is 0 Å². The molecule has 2 fully saturated rings. The van der Waals surface area contributed by atoms with Crippen LogP contribution in [0, 0.1) is 5.41 Å². The molecular formula is C17H32O4. The minimum absolute atomic E-state index is 0.230. The second kappa shape index (κ2) is 6.95. The van der Waals surface area contributed by atoms with Gasteiger partial charge in [-0.05, 0) is 25.7 Å². The van der Waals surface area contributed by atoms with Gasteiger partial charge in [-0.3, -0.25) is 0 Å². The molecular weight excluding hydrogens is 268 g/mol. The Morgan fingerprint density at radius 2 is 1.05 bits per heavy atom. The number of aliphatic hydroxyl groups is 2. The maximum atomic E-state index is 9.45. The highest BCUT2D eigenvalue weighted by molar-refractivity contribution is 5.09. The van der Waals surface area contributed by atoms with Crippen molar-refractivity contribution in [3.63, 3.8) is 0 Å². The summed E-state index contributed by atoms with van der Waals surface area (Å²) in [6.07, 6.45) is 10.9. The number of hydrogen-bond donors (Lipinski definition) is 2. The number of hydrogen-bond acceptors (Lipinski definition) is 4. The summed E-state index contributed by atoms with van der Waals surface area (Å²) in [4.78, 5) is 0. The Bertz CT molecular complexity index is 274. The Kier molecular flexibility index (Phi) is 5.69. The molecule has 21 heavy (non-hydrogen) atoms. The molecule has 0 atom stereocenters. The summed E-state index contributed by atoms with van der Waals surface area (Å²) >= 11 is 0. The van der Waals surface area contributed by atoms with Gasteiger partial charge in [0.1, 0.15) is 13.6 Å². The predicted molar refractivity (Wildman–Crippen MR) is 81.8 cm³/mol. The fourth-order valence-corrected chi connectivity index (χ4v) is 4.81. The molecule has 0 unspecified atom stereocenters. The molecule has 4 nitrogen and oxygen atoms in total. The van der Waals surface area contributed by atoms with Crippen molar-refractivity contribution < 1.29 is 19.7 Å². The van der Waals surface area contributed by atoms with E-state index in [1.807, 2.05) is 0 Å². The second-order valence-electron chi connectivity index (χ2n) is 7.28. The van der Waals surface area contributed by atoms with E-state index in [9.17, 15) is 10.2 Å². The summed E-state index contributed by atoms with van der Waals surface area (Å²) in [5.41, 5.74) is -0.911. The van der Waals surface area contributed by atoms with E-state index in [0.29, 0.717) is 0 Å². The van der Waals surface area contributed by atoms with Crippen LogP contribution in [0.15, 0.2) is 0 Å². The molecule has 2 saturated carbocycles. The van der Waals surface area contributed by atoms with Crippen LogP contribution in [-0.2, 0) is 9.47 Å². The average molecular weight is 300 g/mol. The van der Waals surface area contributed by atoms with Gasteiger partial charge in [-0.15, -0.1) is 0 Å². The lowest BCUT2D eigenvalue weighted by atomic mass is 9.55. The topological polar surface area (TPSA) is 58.9 Å². The smallest absolute Gasteiger partial charge is 0.144 e. The monoisotopic (exact) mass is 300 g/mol. The Balaban J connectivity index is 2.33. The molecule has 0 aromatic heterocycles.